The third kappa shape index (κ3) is 5.12. The molecular formula is C16H24N4O3. The van der Waals surface area contributed by atoms with Crippen molar-refractivity contribution < 1.29 is 14.3 Å². The standard InChI is InChI=1S/C16H24N4O3/c1-3-23-15-14(5-4-8-17-15)19-16(22)20-9-6-13(7-10-20)11-18-12(2)21/h4-5,8,13H,3,6-7,9-11H2,1-2H3,(H,18,21)(H,19,22). The third-order valence-electron chi connectivity index (χ3n) is 3.84. The first-order valence-electron chi connectivity index (χ1n) is 7.98. The Morgan fingerprint density at radius 3 is 2.78 bits per heavy atom. The second-order valence-electron chi connectivity index (χ2n) is 5.59. The number of rotatable bonds is 5. The fourth-order valence-corrected chi connectivity index (χ4v) is 2.56. The molecule has 126 valence electrons. The number of nitrogens with zero attached hydrogens (tertiary/aromatic N) is 2. The molecule has 0 atom stereocenters. The lowest BCUT2D eigenvalue weighted by molar-refractivity contribution is -0.119. The van der Waals surface area contributed by atoms with E-state index in [1.54, 1.807) is 23.2 Å². The molecule has 0 spiro atoms. The molecule has 2 N–H and O–H groups in total. The highest BCUT2D eigenvalue weighted by Crippen LogP contribution is 2.22. The molecule has 1 aliphatic heterocycles. The summed E-state index contributed by atoms with van der Waals surface area (Å²) >= 11 is 0. The van der Waals surface area contributed by atoms with E-state index in [1.165, 1.54) is 6.92 Å². The number of carbonyl (C=O) groups excluding carboxylic acids is 2. The Morgan fingerprint density at radius 2 is 2.13 bits per heavy atom. The van der Waals surface area contributed by atoms with E-state index in [1.807, 2.05) is 6.92 Å². The van der Waals surface area contributed by atoms with Crippen LogP contribution in [0.3, 0.4) is 0 Å². The lowest BCUT2D eigenvalue weighted by atomic mass is 9.97. The highest BCUT2D eigenvalue weighted by atomic mass is 16.5. The zero-order valence-corrected chi connectivity index (χ0v) is 13.7. The molecule has 23 heavy (non-hydrogen) atoms. The van der Waals surface area contributed by atoms with E-state index in [0.29, 0.717) is 43.7 Å². The van der Waals surface area contributed by atoms with E-state index >= 15 is 0 Å². The quantitative estimate of drug-likeness (QED) is 0.867. The van der Waals surface area contributed by atoms with Gasteiger partial charge in [0.25, 0.3) is 0 Å². The van der Waals surface area contributed by atoms with Crippen LogP contribution in [0.1, 0.15) is 26.7 Å². The molecule has 0 aliphatic carbocycles. The maximum absolute atomic E-state index is 12.4. The van der Waals surface area contributed by atoms with E-state index in [9.17, 15) is 9.59 Å². The Bertz CT molecular complexity index is 542. The fourth-order valence-electron chi connectivity index (χ4n) is 2.56. The van der Waals surface area contributed by atoms with Gasteiger partial charge in [-0.05, 0) is 37.8 Å². The van der Waals surface area contributed by atoms with E-state index in [2.05, 4.69) is 15.6 Å². The van der Waals surface area contributed by atoms with Gasteiger partial charge in [-0.1, -0.05) is 0 Å². The predicted octanol–water partition coefficient (Wildman–Crippen LogP) is 1.86. The maximum Gasteiger partial charge on any atom is 0.321 e. The molecule has 0 aromatic carbocycles. The summed E-state index contributed by atoms with van der Waals surface area (Å²) in [6.07, 6.45) is 3.41. The normalized spacial score (nSPS) is 15.1. The monoisotopic (exact) mass is 320 g/mol. The summed E-state index contributed by atoms with van der Waals surface area (Å²) in [5.41, 5.74) is 0.583. The summed E-state index contributed by atoms with van der Waals surface area (Å²) in [4.78, 5) is 29.2. The minimum absolute atomic E-state index is 0.00907. The van der Waals surface area contributed by atoms with Crippen LogP contribution in [-0.4, -0.2) is 48.1 Å². The number of amides is 3. The molecule has 1 aromatic rings. The number of hydrogen-bond acceptors (Lipinski definition) is 4. The van der Waals surface area contributed by atoms with Crippen LogP contribution in [0.4, 0.5) is 10.5 Å². The van der Waals surface area contributed by atoms with Crippen molar-refractivity contribution in [2.75, 3.05) is 31.6 Å². The minimum atomic E-state index is -0.142. The molecule has 3 amide bonds. The van der Waals surface area contributed by atoms with Crippen LogP contribution in [0.25, 0.3) is 0 Å². The van der Waals surface area contributed by atoms with Crippen LogP contribution < -0.4 is 15.4 Å². The van der Waals surface area contributed by atoms with Crippen molar-refractivity contribution >= 4 is 17.6 Å². The van der Waals surface area contributed by atoms with Crippen molar-refractivity contribution in [3.63, 3.8) is 0 Å². The van der Waals surface area contributed by atoms with Gasteiger partial charge in [0, 0.05) is 32.8 Å². The molecule has 1 saturated heterocycles. The van der Waals surface area contributed by atoms with Gasteiger partial charge in [0.2, 0.25) is 11.8 Å². The number of likely N-dealkylation sites (tertiary alicyclic amines) is 1. The molecule has 1 aliphatic rings. The number of aromatic nitrogens is 1. The van der Waals surface area contributed by atoms with Crippen molar-refractivity contribution in [1.82, 2.24) is 15.2 Å². The smallest absolute Gasteiger partial charge is 0.321 e. The van der Waals surface area contributed by atoms with E-state index < -0.39 is 0 Å². The second-order valence-corrected chi connectivity index (χ2v) is 5.59. The summed E-state index contributed by atoms with van der Waals surface area (Å²) in [6.45, 7) is 5.93. The molecule has 0 bridgehead atoms. The highest BCUT2D eigenvalue weighted by Gasteiger charge is 2.23. The van der Waals surface area contributed by atoms with Crippen LogP contribution >= 0.6 is 0 Å². The first kappa shape index (κ1) is 17.1. The van der Waals surface area contributed by atoms with E-state index in [4.69, 9.17) is 4.74 Å². The predicted molar refractivity (Wildman–Crippen MR) is 87.4 cm³/mol. The zero-order valence-electron chi connectivity index (χ0n) is 13.7. The molecule has 0 unspecified atom stereocenters. The topological polar surface area (TPSA) is 83.6 Å². The SMILES string of the molecule is CCOc1ncccc1NC(=O)N1CCC(CNC(C)=O)CC1. The average molecular weight is 320 g/mol. The van der Waals surface area contributed by atoms with Crippen molar-refractivity contribution in [2.24, 2.45) is 5.92 Å². The average Bonchev–Trinajstić information content (AvgIpc) is 2.55. The number of piperidine rings is 1. The van der Waals surface area contributed by atoms with Gasteiger partial charge in [-0.25, -0.2) is 9.78 Å². The second kappa shape index (κ2) is 8.36. The number of carbonyl (C=O) groups is 2. The van der Waals surface area contributed by atoms with Gasteiger partial charge < -0.3 is 20.3 Å². The molecule has 0 saturated carbocycles. The summed E-state index contributed by atoms with van der Waals surface area (Å²) in [6, 6.07) is 3.40. The van der Waals surface area contributed by atoms with Crippen LogP contribution in [0, 0.1) is 5.92 Å². The fraction of sp³-hybridized carbons (Fsp3) is 0.562. The van der Waals surface area contributed by atoms with Gasteiger partial charge >= 0.3 is 6.03 Å². The molecule has 0 radical (unpaired) electrons. The van der Waals surface area contributed by atoms with Gasteiger partial charge in [-0.3, -0.25) is 4.79 Å². The zero-order chi connectivity index (χ0) is 16.7. The minimum Gasteiger partial charge on any atom is -0.476 e. The Kier molecular flexibility index (Phi) is 6.19. The molecule has 2 rings (SSSR count). The summed E-state index contributed by atoms with van der Waals surface area (Å²) < 4.78 is 5.41. The lowest BCUT2D eigenvalue weighted by Crippen LogP contribution is -2.43. The van der Waals surface area contributed by atoms with Gasteiger partial charge in [0.1, 0.15) is 5.69 Å². The van der Waals surface area contributed by atoms with Crippen molar-refractivity contribution in [3.05, 3.63) is 18.3 Å². The maximum atomic E-state index is 12.4. The first-order chi connectivity index (χ1) is 11.1. The first-order valence-corrected chi connectivity index (χ1v) is 7.98. The number of ether oxygens (including phenoxy) is 1. The Morgan fingerprint density at radius 1 is 1.39 bits per heavy atom. The van der Waals surface area contributed by atoms with Gasteiger partial charge in [0.05, 0.1) is 6.61 Å². The Hall–Kier alpha value is -2.31. The summed E-state index contributed by atoms with van der Waals surface area (Å²) in [5, 5.41) is 5.70. The molecule has 7 nitrogen and oxygen atoms in total. The van der Waals surface area contributed by atoms with Crippen molar-refractivity contribution in [3.8, 4) is 5.88 Å². The molecule has 7 heteroatoms. The number of anilines is 1. The number of urea groups is 1. The van der Waals surface area contributed by atoms with Crippen LogP contribution in [-0.2, 0) is 4.79 Å². The molecular weight excluding hydrogens is 296 g/mol. The van der Waals surface area contributed by atoms with Gasteiger partial charge in [-0.15, -0.1) is 0 Å². The summed E-state index contributed by atoms with van der Waals surface area (Å²) in [7, 11) is 0. The lowest BCUT2D eigenvalue weighted by Gasteiger charge is -2.32. The van der Waals surface area contributed by atoms with Gasteiger partial charge in [-0.2, -0.15) is 0 Å². The number of hydrogen-bond donors (Lipinski definition) is 2. The third-order valence-corrected chi connectivity index (χ3v) is 3.84. The molecule has 2 heterocycles. The summed E-state index contributed by atoms with van der Waals surface area (Å²) in [5.74, 6) is 0.856. The molecule has 1 aromatic heterocycles. The Balaban J connectivity index is 1.85. The van der Waals surface area contributed by atoms with Crippen molar-refractivity contribution in [2.45, 2.75) is 26.7 Å². The van der Waals surface area contributed by atoms with Crippen molar-refractivity contribution in [1.29, 1.82) is 0 Å². The highest BCUT2D eigenvalue weighted by molar-refractivity contribution is 5.90. The largest absolute Gasteiger partial charge is 0.476 e. The van der Waals surface area contributed by atoms with Crippen LogP contribution in [0.2, 0.25) is 0 Å². The number of nitrogens with one attached hydrogen (secondary N) is 2. The van der Waals surface area contributed by atoms with Crippen LogP contribution in [0.5, 0.6) is 5.88 Å². The van der Waals surface area contributed by atoms with E-state index in [0.717, 1.165) is 12.8 Å². The Labute approximate surface area is 136 Å². The number of pyridine rings is 1. The van der Waals surface area contributed by atoms with Crippen LogP contribution in [0.15, 0.2) is 18.3 Å². The molecule has 1 fully saturated rings. The van der Waals surface area contributed by atoms with Gasteiger partial charge in [0.15, 0.2) is 0 Å². The van der Waals surface area contributed by atoms with E-state index in [-0.39, 0.29) is 11.9 Å².